The predicted octanol–water partition coefficient (Wildman–Crippen LogP) is 2.09. The molecule has 0 saturated heterocycles. The van der Waals surface area contributed by atoms with Crippen LogP contribution in [0.15, 0.2) is 24.3 Å². The van der Waals surface area contributed by atoms with Gasteiger partial charge in [-0.2, -0.15) is 0 Å². The molecule has 0 fully saturated rings. The molecule has 0 unspecified atom stereocenters. The zero-order valence-electron chi connectivity index (χ0n) is 5.04. The van der Waals surface area contributed by atoms with Gasteiger partial charge in [0.2, 0.25) is 0 Å². The number of hydrogen-bond donors (Lipinski definition) is 0. The summed E-state index contributed by atoms with van der Waals surface area (Å²) < 4.78 is 1.21. The van der Waals surface area contributed by atoms with Crippen LogP contribution in [0, 0.1) is 5.51 Å². The zero-order valence-corrected chi connectivity index (χ0v) is 8.58. The molecule has 1 nitrogen and oxygen atoms in total. The van der Waals surface area contributed by atoms with Crippen LogP contribution in [0.3, 0.4) is 0 Å². The van der Waals surface area contributed by atoms with E-state index in [1.807, 2.05) is 24.3 Å². The summed E-state index contributed by atoms with van der Waals surface area (Å²) in [7, 11) is 0. The van der Waals surface area contributed by atoms with E-state index in [0.717, 1.165) is 5.52 Å². The monoisotopic (exact) mass is 321 g/mol. The van der Waals surface area contributed by atoms with Gasteiger partial charge in [-0.15, -0.1) is 16.8 Å². The normalized spacial score (nSPS) is 9.20. The summed E-state index contributed by atoms with van der Waals surface area (Å²) >= 11 is 1.55. The van der Waals surface area contributed by atoms with Gasteiger partial charge < -0.3 is 4.98 Å². The molecule has 0 aliphatic rings. The Morgan fingerprint density at radius 2 is 2.10 bits per heavy atom. The van der Waals surface area contributed by atoms with Crippen molar-refractivity contribution in [2.45, 2.75) is 0 Å². The fraction of sp³-hybridized carbons (Fsp3) is 0. The Morgan fingerprint density at radius 1 is 1.30 bits per heavy atom. The van der Waals surface area contributed by atoms with Gasteiger partial charge >= 0.3 is 0 Å². The van der Waals surface area contributed by atoms with E-state index in [0.29, 0.717) is 0 Å². The number of benzene rings is 1. The van der Waals surface area contributed by atoms with Gasteiger partial charge in [0.25, 0.3) is 0 Å². The third-order valence-electron chi connectivity index (χ3n) is 1.19. The molecule has 2 aromatic rings. The maximum Gasteiger partial charge on any atom is 0 e. The Labute approximate surface area is 76.8 Å². The molecule has 0 N–H and O–H groups in total. The molecule has 51 valence electrons. The van der Waals surface area contributed by atoms with Crippen molar-refractivity contribution in [3.63, 3.8) is 0 Å². The second kappa shape index (κ2) is 3.25. The van der Waals surface area contributed by atoms with Gasteiger partial charge in [0.15, 0.2) is 0 Å². The molecule has 0 amide bonds. The quantitative estimate of drug-likeness (QED) is 0.678. The minimum Gasteiger partial charge on any atom is -0.386 e. The first-order valence-corrected chi connectivity index (χ1v) is 3.50. The van der Waals surface area contributed by atoms with E-state index in [4.69, 9.17) is 0 Å². The Hall–Kier alpha value is -0.228. The zero-order chi connectivity index (χ0) is 6.10. The van der Waals surface area contributed by atoms with E-state index in [1.54, 1.807) is 11.3 Å². The third-order valence-corrected chi connectivity index (χ3v) is 1.93. The molecular weight excluding hydrogens is 316 g/mol. The summed E-state index contributed by atoms with van der Waals surface area (Å²) in [5.74, 6) is 0. The van der Waals surface area contributed by atoms with E-state index in [9.17, 15) is 0 Å². The van der Waals surface area contributed by atoms with Crippen molar-refractivity contribution >= 4 is 21.6 Å². The van der Waals surface area contributed by atoms with E-state index in [2.05, 4.69) is 10.5 Å². The van der Waals surface area contributed by atoms with Crippen LogP contribution in [0.2, 0.25) is 0 Å². The summed E-state index contributed by atoms with van der Waals surface area (Å²) in [4.78, 5) is 4.01. The molecule has 0 spiro atoms. The maximum atomic E-state index is 4.01. The Kier molecular flexibility index (Phi) is 2.56. The molecule has 0 aliphatic heterocycles. The summed E-state index contributed by atoms with van der Waals surface area (Å²) in [6, 6.07) is 8.02. The average Bonchev–Trinajstić information content (AvgIpc) is 2.33. The van der Waals surface area contributed by atoms with Crippen LogP contribution < -0.4 is 0 Å². The largest absolute Gasteiger partial charge is 0.386 e. The number of hydrogen-bond acceptors (Lipinski definition) is 2. The first-order chi connectivity index (χ1) is 4.47. The standard InChI is InChI=1S/C7H4NS.Re/c1-2-4-7-6(3-1)8-5-9-7;/h1-4H;/q-1;. The Balaban J connectivity index is 0.000000500. The van der Waals surface area contributed by atoms with Crippen LogP contribution in [0.1, 0.15) is 0 Å². The number of para-hydroxylation sites is 1. The summed E-state index contributed by atoms with van der Waals surface area (Å²) in [6.45, 7) is 0. The van der Waals surface area contributed by atoms with Gasteiger partial charge in [-0.1, -0.05) is 17.6 Å². The number of fused-ring (bicyclic) bond motifs is 1. The van der Waals surface area contributed by atoms with Gasteiger partial charge in [-0.05, 0) is 5.51 Å². The smallest absolute Gasteiger partial charge is 0 e. The summed E-state index contributed by atoms with van der Waals surface area (Å²) in [5, 5.41) is 0. The Bertz CT molecular complexity index is 288. The fourth-order valence-corrected chi connectivity index (χ4v) is 1.36. The van der Waals surface area contributed by atoms with Gasteiger partial charge in [-0.3, -0.25) is 11.3 Å². The summed E-state index contributed by atoms with van der Waals surface area (Å²) in [5.41, 5.74) is 3.87. The van der Waals surface area contributed by atoms with Crippen molar-refractivity contribution in [1.82, 2.24) is 4.98 Å². The third kappa shape index (κ3) is 1.27. The number of nitrogens with zero attached hydrogens (tertiary/aromatic N) is 1. The SMILES string of the molecule is [Re].[c-]1nc2ccccc2s1. The van der Waals surface area contributed by atoms with Crippen molar-refractivity contribution in [2.24, 2.45) is 0 Å². The van der Waals surface area contributed by atoms with Gasteiger partial charge in [-0.25, -0.2) is 0 Å². The number of aromatic nitrogens is 1. The molecule has 0 saturated carbocycles. The van der Waals surface area contributed by atoms with E-state index in [-0.39, 0.29) is 20.4 Å². The molecule has 1 aromatic carbocycles. The summed E-state index contributed by atoms with van der Waals surface area (Å²) in [6.07, 6.45) is 0. The second-order valence-electron chi connectivity index (χ2n) is 1.77. The van der Waals surface area contributed by atoms with Crippen LogP contribution in [-0.2, 0) is 20.4 Å². The maximum absolute atomic E-state index is 4.01. The molecule has 1 aromatic heterocycles. The molecule has 2 rings (SSSR count). The van der Waals surface area contributed by atoms with Crippen LogP contribution in [0.4, 0.5) is 0 Å². The van der Waals surface area contributed by atoms with Crippen molar-refractivity contribution in [2.75, 3.05) is 0 Å². The predicted molar refractivity (Wildman–Crippen MR) is 38.5 cm³/mol. The van der Waals surface area contributed by atoms with E-state index < -0.39 is 0 Å². The number of rotatable bonds is 0. The first kappa shape index (κ1) is 7.87. The fourth-order valence-electron chi connectivity index (χ4n) is 0.757. The van der Waals surface area contributed by atoms with Gasteiger partial charge in [0, 0.05) is 20.4 Å². The van der Waals surface area contributed by atoms with Crippen LogP contribution in [-0.4, -0.2) is 4.98 Å². The second-order valence-corrected chi connectivity index (χ2v) is 2.60. The minimum atomic E-state index is 0. The number of thiazole rings is 1. The molecule has 10 heavy (non-hydrogen) atoms. The molecule has 1 heterocycles. The molecule has 1 radical (unpaired) electrons. The van der Waals surface area contributed by atoms with Crippen LogP contribution >= 0.6 is 11.3 Å². The molecule has 0 atom stereocenters. The minimum absolute atomic E-state index is 0. The van der Waals surface area contributed by atoms with E-state index >= 15 is 0 Å². The molecule has 0 bridgehead atoms. The van der Waals surface area contributed by atoms with Crippen molar-refractivity contribution in [1.29, 1.82) is 0 Å². The first-order valence-electron chi connectivity index (χ1n) is 2.68. The average molecular weight is 320 g/mol. The van der Waals surface area contributed by atoms with Crippen LogP contribution in [0.5, 0.6) is 0 Å². The Morgan fingerprint density at radius 3 is 2.90 bits per heavy atom. The van der Waals surface area contributed by atoms with Gasteiger partial charge in [0.1, 0.15) is 0 Å². The van der Waals surface area contributed by atoms with Crippen molar-refractivity contribution < 1.29 is 20.4 Å². The molecule has 0 aliphatic carbocycles. The molecule has 3 heteroatoms. The van der Waals surface area contributed by atoms with Crippen LogP contribution in [0.25, 0.3) is 10.2 Å². The topological polar surface area (TPSA) is 12.9 Å². The van der Waals surface area contributed by atoms with Crippen molar-refractivity contribution in [3.8, 4) is 0 Å². The molecular formula is C7H4NReS-. The van der Waals surface area contributed by atoms with Crippen molar-refractivity contribution in [3.05, 3.63) is 29.8 Å². The van der Waals surface area contributed by atoms with Gasteiger partial charge in [0.05, 0.1) is 0 Å². The van der Waals surface area contributed by atoms with E-state index in [1.165, 1.54) is 4.70 Å².